The second-order valence-electron chi connectivity index (χ2n) is 4.80. The topological polar surface area (TPSA) is 67.4 Å². The molecule has 5 nitrogen and oxygen atoms in total. The van der Waals surface area contributed by atoms with Crippen molar-refractivity contribution in [1.29, 1.82) is 0 Å². The molecule has 2 rings (SSSR count). The first kappa shape index (κ1) is 18.6. The molecule has 25 heavy (non-hydrogen) atoms. The molecule has 2 amide bonds. The number of carbonyl (C=O) groups excluding carboxylic acids is 2. The standard InChI is InChI=1S/C16H12ClF3N2O3/c1-25-12-5-2-8(6-10(12)17)22-13(23)7-21-16(24)9-3-4-11(18)15(20)14(9)19/h2-6H,7H2,1H3,(H,21,24)(H,22,23). The minimum absolute atomic E-state index is 0.271. The van der Waals surface area contributed by atoms with Crippen LogP contribution in [0.25, 0.3) is 0 Å². The molecule has 2 aromatic rings. The van der Waals surface area contributed by atoms with Crippen LogP contribution in [0.3, 0.4) is 0 Å². The van der Waals surface area contributed by atoms with Gasteiger partial charge in [-0.25, -0.2) is 13.2 Å². The molecule has 0 fully saturated rings. The molecule has 0 aliphatic heterocycles. The molecule has 0 bridgehead atoms. The van der Waals surface area contributed by atoms with Gasteiger partial charge in [0, 0.05) is 5.69 Å². The van der Waals surface area contributed by atoms with E-state index in [1.54, 1.807) is 0 Å². The fourth-order valence-corrected chi connectivity index (χ4v) is 2.16. The van der Waals surface area contributed by atoms with Crippen LogP contribution < -0.4 is 15.4 Å². The highest BCUT2D eigenvalue weighted by molar-refractivity contribution is 6.32. The summed E-state index contributed by atoms with van der Waals surface area (Å²) in [5.41, 5.74) is -0.358. The van der Waals surface area contributed by atoms with E-state index in [2.05, 4.69) is 10.6 Å². The molecule has 9 heteroatoms. The van der Waals surface area contributed by atoms with Crippen molar-refractivity contribution >= 4 is 29.1 Å². The molecular formula is C16H12ClF3N2O3. The zero-order chi connectivity index (χ0) is 18.6. The van der Waals surface area contributed by atoms with E-state index in [9.17, 15) is 22.8 Å². The smallest absolute Gasteiger partial charge is 0.254 e. The Bertz CT molecular complexity index is 831. The van der Waals surface area contributed by atoms with E-state index in [1.165, 1.54) is 25.3 Å². The van der Waals surface area contributed by atoms with Gasteiger partial charge < -0.3 is 15.4 Å². The number of benzene rings is 2. The summed E-state index contributed by atoms with van der Waals surface area (Å²) in [6.45, 7) is -0.513. The molecule has 0 atom stereocenters. The average Bonchev–Trinajstić information content (AvgIpc) is 2.58. The average molecular weight is 373 g/mol. The van der Waals surface area contributed by atoms with Gasteiger partial charge in [0.15, 0.2) is 17.5 Å². The summed E-state index contributed by atoms with van der Waals surface area (Å²) < 4.78 is 44.4. The maximum absolute atomic E-state index is 13.5. The lowest BCUT2D eigenvalue weighted by Gasteiger charge is -2.09. The van der Waals surface area contributed by atoms with Crippen LogP contribution in [0, 0.1) is 17.5 Å². The molecule has 0 radical (unpaired) electrons. The molecule has 0 aromatic heterocycles. The van der Waals surface area contributed by atoms with Gasteiger partial charge in [-0.3, -0.25) is 9.59 Å². The van der Waals surface area contributed by atoms with Crippen LogP contribution in [0.15, 0.2) is 30.3 Å². The lowest BCUT2D eigenvalue weighted by molar-refractivity contribution is -0.115. The number of hydrogen-bond acceptors (Lipinski definition) is 3. The fourth-order valence-electron chi connectivity index (χ4n) is 1.91. The van der Waals surface area contributed by atoms with Crippen LogP contribution in [0.4, 0.5) is 18.9 Å². The maximum Gasteiger partial charge on any atom is 0.254 e. The molecule has 0 aliphatic rings. The lowest BCUT2D eigenvalue weighted by atomic mass is 10.2. The summed E-state index contributed by atoms with van der Waals surface area (Å²) in [4.78, 5) is 23.6. The molecule has 2 aromatic carbocycles. The number of halogens is 4. The summed E-state index contributed by atoms with van der Waals surface area (Å²) in [5, 5.41) is 4.83. The molecule has 0 spiro atoms. The van der Waals surface area contributed by atoms with Crippen LogP contribution in [0.5, 0.6) is 5.75 Å². The molecule has 132 valence electrons. The van der Waals surface area contributed by atoms with Crippen molar-refractivity contribution in [2.45, 2.75) is 0 Å². The minimum Gasteiger partial charge on any atom is -0.495 e. The SMILES string of the molecule is COc1ccc(NC(=O)CNC(=O)c2ccc(F)c(F)c2F)cc1Cl. The Morgan fingerprint density at radius 3 is 2.48 bits per heavy atom. The highest BCUT2D eigenvalue weighted by atomic mass is 35.5. The molecule has 0 heterocycles. The summed E-state index contributed by atoms with van der Waals surface area (Å²) in [5.74, 6) is -6.06. The fraction of sp³-hybridized carbons (Fsp3) is 0.125. The van der Waals surface area contributed by atoms with E-state index in [4.69, 9.17) is 16.3 Å². The second kappa shape index (κ2) is 7.89. The molecule has 0 saturated heterocycles. The Hall–Kier alpha value is -2.74. The first-order valence-corrected chi connectivity index (χ1v) is 7.26. The van der Waals surface area contributed by atoms with Gasteiger partial charge in [0.25, 0.3) is 5.91 Å². The zero-order valence-electron chi connectivity index (χ0n) is 12.8. The highest BCUT2D eigenvalue weighted by Crippen LogP contribution is 2.27. The van der Waals surface area contributed by atoms with E-state index < -0.39 is 41.4 Å². The number of methoxy groups -OCH3 is 1. The van der Waals surface area contributed by atoms with E-state index in [1.807, 2.05) is 0 Å². The predicted molar refractivity (Wildman–Crippen MR) is 85.3 cm³/mol. The van der Waals surface area contributed by atoms with E-state index >= 15 is 0 Å². The van der Waals surface area contributed by atoms with Crippen molar-refractivity contribution in [2.75, 3.05) is 19.0 Å². The summed E-state index contributed by atoms with van der Waals surface area (Å²) in [7, 11) is 1.44. The Kier molecular flexibility index (Phi) is 5.87. The van der Waals surface area contributed by atoms with Gasteiger partial charge in [-0.05, 0) is 30.3 Å². The molecule has 0 unspecified atom stereocenters. The number of carbonyl (C=O) groups is 2. The Labute approximate surface area is 145 Å². The highest BCUT2D eigenvalue weighted by Gasteiger charge is 2.19. The van der Waals surface area contributed by atoms with Gasteiger partial charge in [-0.2, -0.15) is 0 Å². The van der Waals surface area contributed by atoms with E-state index in [0.717, 1.165) is 6.07 Å². The third-order valence-electron chi connectivity index (χ3n) is 3.12. The monoisotopic (exact) mass is 372 g/mol. The molecule has 0 saturated carbocycles. The number of ether oxygens (including phenoxy) is 1. The van der Waals surface area contributed by atoms with Crippen LogP contribution in [-0.2, 0) is 4.79 Å². The van der Waals surface area contributed by atoms with E-state index in [-0.39, 0.29) is 5.02 Å². The third-order valence-corrected chi connectivity index (χ3v) is 3.42. The van der Waals surface area contributed by atoms with E-state index in [0.29, 0.717) is 17.5 Å². The van der Waals surface area contributed by atoms with Crippen LogP contribution >= 0.6 is 11.6 Å². The van der Waals surface area contributed by atoms with Gasteiger partial charge in [-0.1, -0.05) is 11.6 Å². The van der Waals surface area contributed by atoms with Crippen LogP contribution in [0.1, 0.15) is 10.4 Å². The largest absolute Gasteiger partial charge is 0.495 e. The lowest BCUT2D eigenvalue weighted by Crippen LogP contribution is -2.33. The number of amides is 2. The van der Waals surface area contributed by atoms with Crippen molar-refractivity contribution in [1.82, 2.24) is 5.32 Å². The van der Waals surface area contributed by atoms with Gasteiger partial charge in [0.1, 0.15) is 5.75 Å². The van der Waals surface area contributed by atoms with Crippen molar-refractivity contribution in [3.63, 3.8) is 0 Å². The Morgan fingerprint density at radius 2 is 1.84 bits per heavy atom. The van der Waals surface area contributed by atoms with Crippen molar-refractivity contribution in [3.05, 3.63) is 58.4 Å². The minimum atomic E-state index is -1.76. The van der Waals surface area contributed by atoms with Crippen LogP contribution in [-0.4, -0.2) is 25.5 Å². The Morgan fingerprint density at radius 1 is 1.12 bits per heavy atom. The first-order valence-electron chi connectivity index (χ1n) is 6.88. The first-order chi connectivity index (χ1) is 11.8. The normalized spacial score (nSPS) is 10.3. The number of nitrogens with one attached hydrogen (secondary N) is 2. The molecule has 0 aliphatic carbocycles. The van der Waals surface area contributed by atoms with Gasteiger partial charge in [0.05, 0.1) is 24.2 Å². The van der Waals surface area contributed by atoms with Crippen molar-refractivity contribution < 1.29 is 27.5 Å². The molecular weight excluding hydrogens is 361 g/mol. The summed E-state index contributed by atoms with van der Waals surface area (Å²) in [6, 6.07) is 5.90. The van der Waals surface area contributed by atoms with Crippen molar-refractivity contribution in [2.24, 2.45) is 0 Å². The summed E-state index contributed by atoms with van der Waals surface area (Å²) >= 11 is 5.91. The molecule has 2 N–H and O–H groups in total. The number of hydrogen-bond donors (Lipinski definition) is 2. The maximum atomic E-state index is 13.5. The summed E-state index contributed by atoms with van der Waals surface area (Å²) in [6.07, 6.45) is 0. The van der Waals surface area contributed by atoms with Gasteiger partial charge in [0.2, 0.25) is 5.91 Å². The second-order valence-corrected chi connectivity index (χ2v) is 5.21. The Balaban J connectivity index is 1.97. The van der Waals surface area contributed by atoms with Gasteiger partial charge >= 0.3 is 0 Å². The quantitative estimate of drug-likeness (QED) is 0.792. The third kappa shape index (κ3) is 4.42. The van der Waals surface area contributed by atoms with Crippen molar-refractivity contribution in [3.8, 4) is 5.75 Å². The van der Waals surface area contributed by atoms with Crippen LogP contribution in [0.2, 0.25) is 5.02 Å². The zero-order valence-corrected chi connectivity index (χ0v) is 13.6. The number of anilines is 1. The number of rotatable bonds is 5. The van der Waals surface area contributed by atoms with Gasteiger partial charge in [-0.15, -0.1) is 0 Å². The predicted octanol–water partition coefficient (Wildman–Crippen LogP) is 3.13.